The van der Waals surface area contributed by atoms with Crippen LogP contribution in [0.25, 0.3) is 17.1 Å². The Bertz CT molecular complexity index is 1030. The summed E-state index contributed by atoms with van der Waals surface area (Å²) in [6.07, 6.45) is 2.12. The van der Waals surface area contributed by atoms with Gasteiger partial charge in [-0.15, -0.1) is 10.2 Å². The number of amides is 1. The predicted octanol–water partition coefficient (Wildman–Crippen LogP) is 4.75. The minimum Gasteiger partial charge on any atom is -0.494 e. The van der Waals surface area contributed by atoms with Gasteiger partial charge in [0.05, 0.1) is 16.9 Å². The molecule has 1 amide bonds. The Kier molecular flexibility index (Phi) is 6.29. The molecule has 6 nitrogen and oxygen atoms in total. The second-order valence-electron chi connectivity index (χ2n) is 7.09. The molecule has 1 heterocycles. The number of halogens is 1. The van der Waals surface area contributed by atoms with Crippen LogP contribution in [0.1, 0.15) is 26.7 Å². The molecule has 0 spiro atoms. The summed E-state index contributed by atoms with van der Waals surface area (Å²) in [5, 5.41) is 12.8. The number of benzene rings is 2. The molecule has 0 saturated heterocycles. The summed E-state index contributed by atoms with van der Waals surface area (Å²) in [5.74, 6) is 1.44. The van der Waals surface area contributed by atoms with Gasteiger partial charge in [-0.2, -0.15) is 0 Å². The minimum atomic E-state index is -0.296. The molecule has 3 aromatic rings. The minimum absolute atomic E-state index is 0.0167. The third-order valence-electron chi connectivity index (χ3n) is 4.73. The highest BCUT2D eigenvalue weighted by Crippen LogP contribution is 2.34. The van der Waals surface area contributed by atoms with E-state index in [1.165, 1.54) is 11.8 Å². The third kappa shape index (κ3) is 4.63. The van der Waals surface area contributed by atoms with Crippen LogP contribution in [0.5, 0.6) is 5.75 Å². The van der Waals surface area contributed by atoms with Crippen LogP contribution in [0.2, 0.25) is 5.02 Å². The Labute approximate surface area is 185 Å². The molecule has 156 valence electrons. The first-order valence-corrected chi connectivity index (χ1v) is 11.2. The number of nitrogens with one attached hydrogen (secondary N) is 1. The van der Waals surface area contributed by atoms with Crippen molar-refractivity contribution in [3.05, 3.63) is 53.6 Å². The molecule has 0 aliphatic heterocycles. The van der Waals surface area contributed by atoms with Crippen molar-refractivity contribution in [3.63, 3.8) is 0 Å². The van der Waals surface area contributed by atoms with E-state index >= 15 is 0 Å². The number of thioether (sulfide) groups is 1. The second-order valence-corrected chi connectivity index (χ2v) is 8.81. The second kappa shape index (κ2) is 9.10. The summed E-state index contributed by atoms with van der Waals surface area (Å²) >= 11 is 7.82. The van der Waals surface area contributed by atoms with Crippen molar-refractivity contribution >= 4 is 29.3 Å². The van der Waals surface area contributed by atoms with Crippen molar-refractivity contribution in [1.82, 2.24) is 20.1 Å². The van der Waals surface area contributed by atoms with E-state index in [-0.39, 0.29) is 11.2 Å². The Morgan fingerprint density at radius 1 is 1.23 bits per heavy atom. The van der Waals surface area contributed by atoms with Gasteiger partial charge in [0.25, 0.3) is 0 Å². The molecule has 1 fully saturated rings. The molecule has 1 saturated carbocycles. The molecule has 1 unspecified atom stereocenters. The zero-order valence-electron chi connectivity index (χ0n) is 16.8. The van der Waals surface area contributed by atoms with E-state index in [4.69, 9.17) is 16.3 Å². The van der Waals surface area contributed by atoms with Gasteiger partial charge in [-0.1, -0.05) is 35.5 Å². The molecule has 1 aliphatic rings. The van der Waals surface area contributed by atoms with Gasteiger partial charge >= 0.3 is 0 Å². The summed E-state index contributed by atoms with van der Waals surface area (Å²) in [5.41, 5.74) is 1.65. The maximum Gasteiger partial charge on any atom is 0.233 e. The molecule has 0 radical (unpaired) electrons. The van der Waals surface area contributed by atoms with E-state index < -0.39 is 0 Å². The highest BCUT2D eigenvalue weighted by Gasteiger charge is 2.28. The van der Waals surface area contributed by atoms with Crippen LogP contribution in [-0.2, 0) is 4.79 Å². The van der Waals surface area contributed by atoms with Crippen molar-refractivity contribution in [2.24, 2.45) is 0 Å². The van der Waals surface area contributed by atoms with Crippen molar-refractivity contribution < 1.29 is 9.53 Å². The lowest BCUT2D eigenvalue weighted by Gasteiger charge is -2.14. The van der Waals surface area contributed by atoms with Gasteiger partial charge in [-0.25, -0.2) is 0 Å². The molecule has 1 atom stereocenters. The first-order valence-electron chi connectivity index (χ1n) is 9.97. The number of hydrogen-bond acceptors (Lipinski definition) is 5. The zero-order valence-corrected chi connectivity index (χ0v) is 18.4. The average Bonchev–Trinajstić information content (AvgIpc) is 3.47. The van der Waals surface area contributed by atoms with E-state index in [2.05, 4.69) is 15.5 Å². The molecule has 30 heavy (non-hydrogen) atoms. The summed E-state index contributed by atoms with van der Waals surface area (Å²) < 4.78 is 7.49. The van der Waals surface area contributed by atoms with Crippen molar-refractivity contribution in [2.45, 2.75) is 43.1 Å². The normalized spacial score (nSPS) is 14.4. The summed E-state index contributed by atoms with van der Waals surface area (Å²) in [6, 6.07) is 15.6. The van der Waals surface area contributed by atoms with Gasteiger partial charge in [0.2, 0.25) is 5.91 Å². The smallest absolute Gasteiger partial charge is 0.233 e. The van der Waals surface area contributed by atoms with Gasteiger partial charge in [0.1, 0.15) is 5.75 Å². The lowest BCUT2D eigenvalue weighted by Crippen LogP contribution is -2.32. The van der Waals surface area contributed by atoms with Crippen molar-refractivity contribution in [1.29, 1.82) is 0 Å². The summed E-state index contributed by atoms with van der Waals surface area (Å²) in [6.45, 7) is 4.44. The highest BCUT2D eigenvalue weighted by molar-refractivity contribution is 8.00. The number of carbonyl (C=O) groups is 1. The fourth-order valence-corrected chi connectivity index (χ4v) is 4.11. The highest BCUT2D eigenvalue weighted by atomic mass is 35.5. The molecule has 8 heteroatoms. The topological polar surface area (TPSA) is 69.0 Å². The van der Waals surface area contributed by atoms with Crippen LogP contribution in [0, 0.1) is 0 Å². The van der Waals surface area contributed by atoms with E-state index in [9.17, 15) is 4.79 Å². The van der Waals surface area contributed by atoms with Crippen LogP contribution < -0.4 is 10.1 Å². The van der Waals surface area contributed by atoms with E-state index in [0.29, 0.717) is 28.7 Å². The van der Waals surface area contributed by atoms with Crippen LogP contribution in [0.3, 0.4) is 0 Å². The number of ether oxygens (including phenoxy) is 1. The Morgan fingerprint density at radius 2 is 1.97 bits per heavy atom. The van der Waals surface area contributed by atoms with E-state index in [1.807, 2.05) is 66.9 Å². The molecular formula is C22H23ClN4O2S. The molecule has 0 bridgehead atoms. The van der Waals surface area contributed by atoms with Crippen molar-refractivity contribution in [2.75, 3.05) is 6.61 Å². The maximum atomic E-state index is 12.5. The lowest BCUT2D eigenvalue weighted by molar-refractivity contribution is -0.120. The van der Waals surface area contributed by atoms with Crippen LogP contribution >= 0.6 is 23.4 Å². The standard InChI is InChI=1S/C22H23ClN4O2S/c1-3-29-17-12-10-16(11-13-17)27-20(18-6-4-5-7-19(18)23)25-26-22(27)30-14(2)21(28)24-15-8-9-15/h4-7,10-15H,3,8-9H2,1-2H3,(H,24,28). The van der Waals surface area contributed by atoms with E-state index in [1.54, 1.807) is 0 Å². The van der Waals surface area contributed by atoms with Gasteiger partial charge in [0.15, 0.2) is 11.0 Å². The molecule has 1 aliphatic carbocycles. The maximum absolute atomic E-state index is 12.5. The van der Waals surface area contributed by atoms with Crippen molar-refractivity contribution in [3.8, 4) is 22.8 Å². The molecular weight excluding hydrogens is 420 g/mol. The fraction of sp³-hybridized carbons (Fsp3) is 0.318. The third-order valence-corrected chi connectivity index (χ3v) is 6.10. The molecule has 1 N–H and O–H groups in total. The van der Waals surface area contributed by atoms with Gasteiger partial charge in [0, 0.05) is 17.3 Å². The lowest BCUT2D eigenvalue weighted by atomic mass is 10.2. The first kappa shape index (κ1) is 20.8. The quantitative estimate of drug-likeness (QED) is 0.510. The molecule has 1 aromatic heterocycles. The fourth-order valence-electron chi connectivity index (χ4n) is 3.01. The average molecular weight is 443 g/mol. The summed E-state index contributed by atoms with van der Waals surface area (Å²) in [4.78, 5) is 12.5. The number of hydrogen-bond donors (Lipinski definition) is 1. The SMILES string of the molecule is CCOc1ccc(-n2c(SC(C)C(=O)NC3CC3)nnc2-c2ccccc2Cl)cc1. The number of rotatable bonds is 8. The Hall–Kier alpha value is -2.51. The predicted molar refractivity (Wildman–Crippen MR) is 119 cm³/mol. The number of aromatic nitrogens is 3. The van der Waals surface area contributed by atoms with Gasteiger partial charge < -0.3 is 10.1 Å². The zero-order chi connectivity index (χ0) is 21.1. The number of nitrogens with zero attached hydrogens (tertiary/aromatic N) is 3. The Morgan fingerprint density at radius 3 is 2.63 bits per heavy atom. The monoisotopic (exact) mass is 442 g/mol. The first-order chi connectivity index (χ1) is 14.6. The summed E-state index contributed by atoms with van der Waals surface area (Å²) in [7, 11) is 0. The van der Waals surface area contributed by atoms with Crippen LogP contribution in [-0.4, -0.2) is 38.6 Å². The number of carbonyl (C=O) groups excluding carboxylic acids is 1. The van der Waals surface area contributed by atoms with Crippen LogP contribution in [0.4, 0.5) is 0 Å². The largest absolute Gasteiger partial charge is 0.494 e. The Balaban J connectivity index is 1.70. The van der Waals surface area contributed by atoms with Crippen LogP contribution in [0.15, 0.2) is 53.7 Å². The molecule has 4 rings (SSSR count). The van der Waals surface area contributed by atoms with Gasteiger partial charge in [-0.3, -0.25) is 9.36 Å². The van der Waals surface area contributed by atoms with E-state index in [0.717, 1.165) is 29.8 Å². The van der Waals surface area contributed by atoms with Gasteiger partial charge in [-0.05, 0) is 63.1 Å². The molecule has 2 aromatic carbocycles.